The van der Waals surface area contributed by atoms with E-state index in [1.807, 2.05) is 47.7 Å². The molecule has 5 heteroatoms. The minimum atomic E-state index is 0.601. The van der Waals surface area contributed by atoms with Crippen molar-refractivity contribution in [1.82, 2.24) is 4.98 Å². The van der Waals surface area contributed by atoms with Crippen molar-refractivity contribution in [1.29, 1.82) is 0 Å². The summed E-state index contributed by atoms with van der Waals surface area (Å²) in [5, 5.41) is 4.59. The van der Waals surface area contributed by atoms with Crippen LogP contribution in [0.5, 0.6) is 0 Å². The summed E-state index contributed by atoms with van der Waals surface area (Å²) >= 11 is 1.83. The fourth-order valence-corrected chi connectivity index (χ4v) is 7.92. The number of rotatable bonds is 5. The lowest BCUT2D eigenvalue weighted by Crippen LogP contribution is -2.09. The molecule has 4 nitrogen and oxygen atoms in total. The summed E-state index contributed by atoms with van der Waals surface area (Å²) in [5.74, 6) is 0.601. The SMILES string of the molecule is c1ccc(-c2cccc(N(c3ccc4c(c3)sc3ccccc34)c3ccc4oc5cc6nc(-c7ccccc7)oc6cc5c4c3)c2)cc1. The number of nitrogens with zero attached hydrogens (tertiary/aromatic N) is 2. The van der Waals surface area contributed by atoms with Gasteiger partial charge in [0, 0.05) is 59.6 Å². The molecule has 0 saturated heterocycles. The number of thiophene rings is 1. The molecule has 0 aliphatic heterocycles. The van der Waals surface area contributed by atoms with Crippen LogP contribution < -0.4 is 4.90 Å². The number of fused-ring (bicyclic) bond motifs is 7. The van der Waals surface area contributed by atoms with E-state index in [1.165, 1.54) is 25.7 Å². The lowest BCUT2D eigenvalue weighted by Gasteiger charge is -2.26. The van der Waals surface area contributed by atoms with Crippen molar-refractivity contribution in [2.75, 3.05) is 4.90 Å². The van der Waals surface area contributed by atoms with E-state index in [4.69, 9.17) is 13.8 Å². The van der Waals surface area contributed by atoms with Crippen molar-refractivity contribution in [3.05, 3.63) is 158 Å². The van der Waals surface area contributed by atoms with Crippen LogP contribution in [0.2, 0.25) is 0 Å². The van der Waals surface area contributed by atoms with Crippen molar-refractivity contribution < 1.29 is 8.83 Å². The van der Waals surface area contributed by atoms with Crippen molar-refractivity contribution in [2.45, 2.75) is 0 Å². The highest BCUT2D eigenvalue weighted by atomic mass is 32.1. The minimum absolute atomic E-state index is 0.601. The zero-order valence-electron chi connectivity index (χ0n) is 25.6. The molecule has 0 radical (unpaired) electrons. The second kappa shape index (κ2) is 10.7. The summed E-state index contributed by atoms with van der Waals surface area (Å²) in [6.45, 7) is 0. The van der Waals surface area contributed by atoms with Crippen molar-refractivity contribution in [2.24, 2.45) is 0 Å². The van der Waals surface area contributed by atoms with Gasteiger partial charge in [0.1, 0.15) is 16.7 Å². The molecule has 3 heterocycles. The highest BCUT2D eigenvalue weighted by Crippen LogP contribution is 2.43. The van der Waals surface area contributed by atoms with Crippen molar-refractivity contribution in [3.8, 4) is 22.6 Å². The number of hydrogen-bond donors (Lipinski definition) is 0. The van der Waals surface area contributed by atoms with Gasteiger partial charge in [-0.3, -0.25) is 0 Å². The van der Waals surface area contributed by atoms with Gasteiger partial charge in [0.05, 0.1) is 0 Å². The normalized spacial score (nSPS) is 11.8. The van der Waals surface area contributed by atoms with Crippen molar-refractivity contribution in [3.63, 3.8) is 0 Å². The van der Waals surface area contributed by atoms with E-state index in [-0.39, 0.29) is 0 Å². The molecule has 0 atom stereocenters. The monoisotopic (exact) mass is 634 g/mol. The maximum Gasteiger partial charge on any atom is 0.227 e. The Hall–Kier alpha value is -6.17. The Kier molecular flexibility index (Phi) is 6.01. The topological polar surface area (TPSA) is 42.4 Å². The first kappa shape index (κ1) is 27.0. The van der Waals surface area contributed by atoms with Crippen LogP contribution >= 0.6 is 11.3 Å². The van der Waals surface area contributed by atoms with E-state index >= 15 is 0 Å². The number of hydrogen-bond acceptors (Lipinski definition) is 5. The molecule has 0 unspecified atom stereocenters. The average Bonchev–Trinajstić information content (AvgIpc) is 3.84. The van der Waals surface area contributed by atoms with Gasteiger partial charge in [-0.1, -0.05) is 84.9 Å². The Labute approximate surface area is 279 Å². The number of benzene rings is 7. The molecule has 3 aromatic heterocycles. The predicted molar refractivity (Wildman–Crippen MR) is 200 cm³/mol. The van der Waals surface area contributed by atoms with E-state index in [9.17, 15) is 0 Å². The summed E-state index contributed by atoms with van der Waals surface area (Å²) in [6.07, 6.45) is 0. The molecule has 0 saturated carbocycles. The number of furan rings is 1. The van der Waals surface area contributed by atoms with Gasteiger partial charge in [-0.05, 0) is 77.9 Å². The standard InChI is InChI=1S/C43H26N2O2S/c1-3-10-27(11-4-1)29-14-9-15-30(22-29)45(32-18-20-34-33-16-7-8-17-41(33)48-42(34)24-32)31-19-21-38-35(23-31)36-25-40-37(26-39(36)46-38)44-43(47-40)28-12-5-2-6-13-28/h1-26H. The quantitative estimate of drug-likeness (QED) is 0.189. The zero-order valence-corrected chi connectivity index (χ0v) is 26.4. The molecule has 0 amide bonds. The molecule has 48 heavy (non-hydrogen) atoms. The van der Waals surface area contributed by atoms with Gasteiger partial charge in [-0.15, -0.1) is 11.3 Å². The fraction of sp³-hybridized carbons (Fsp3) is 0. The largest absolute Gasteiger partial charge is 0.456 e. The fourth-order valence-electron chi connectivity index (χ4n) is 6.78. The van der Waals surface area contributed by atoms with Gasteiger partial charge in [0.15, 0.2) is 5.58 Å². The highest BCUT2D eigenvalue weighted by molar-refractivity contribution is 7.25. The van der Waals surface area contributed by atoms with Crippen LogP contribution in [0.4, 0.5) is 17.1 Å². The molecule has 10 rings (SSSR count). The van der Waals surface area contributed by atoms with Crippen LogP contribution in [-0.4, -0.2) is 4.98 Å². The summed E-state index contributed by atoms with van der Waals surface area (Å²) in [5.41, 5.74) is 9.62. The zero-order chi connectivity index (χ0) is 31.6. The number of oxazole rings is 1. The molecule has 0 aliphatic rings. The lowest BCUT2D eigenvalue weighted by atomic mass is 10.0. The van der Waals surface area contributed by atoms with Gasteiger partial charge in [0.2, 0.25) is 5.89 Å². The number of anilines is 3. The third kappa shape index (κ3) is 4.40. The number of aromatic nitrogens is 1. The maximum absolute atomic E-state index is 6.39. The van der Waals surface area contributed by atoms with Crippen LogP contribution in [0.25, 0.3) is 75.8 Å². The molecule has 0 bridgehead atoms. The molecule has 0 spiro atoms. The lowest BCUT2D eigenvalue weighted by molar-refractivity contribution is 0.620. The first-order valence-electron chi connectivity index (χ1n) is 15.9. The Morgan fingerprint density at radius 3 is 1.98 bits per heavy atom. The Morgan fingerprint density at radius 2 is 1.10 bits per heavy atom. The molecular formula is C43H26N2O2S. The third-order valence-corrected chi connectivity index (χ3v) is 10.2. The van der Waals surface area contributed by atoms with E-state index in [2.05, 4.69) is 126 Å². The molecule has 226 valence electrons. The van der Waals surface area contributed by atoms with Crippen molar-refractivity contribution >= 4 is 81.6 Å². The first-order chi connectivity index (χ1) is 23.7. The van der Waals surface area contributed by atoms with Crippen LogP contribution in [0.3, 0.4) is 0 Å². The summed E-state index contributed by atoms with van der Waals surface area (Å²) < 4.78 is 15.2. The van der Waals surface area contributed by atoms with Gasteiger partial charge < -0.3 is 13.7 Å². The Bertz CT molecular complexity index is 2790. The van der Waals surface area contributed by atoms with E-state index in [1.54, 1.807) is 0 Å². The first-order valence-corrected chi connectivity index (χ1v) is 16.8. The van der Waals surface area contributed by atoms with Gasteiger partial charge in [0.25, 0.3) is 0 Å². The van der Waals surface area contributed by atoms with Crippen LogP contribution in [0.15, 0.2) is 167 Å². The smallest absolute Gasteiger partial charge is 0.227 e. The van der Waals surface area contributed by atoms with E-state index in [0.29, 0.717) is 5.89 Å². The second-order valence-corrected chi connectivity index (χ2v) is 13.1. The maximum atomic E-state index is 6.39. The van der Waals surface area contributed by atoms with E-state index < -0.39 is 0 Å². The summed E-state index contributed by atoms with van der Waals surface area (Å²) in [6, 6.07) is 55.2. The molecule has 10 aromatic rings. The van der Waals surface area contributed by atoms with Gasteiger partial charge in [-0.25, -0.2) is 4.98 Å². The van der Waals surface area contributed by atoms with E-state index in [0.717, 1.165) is 61.2 Å². The molecule has 0 N–H and O–H groups in total. The molecule has 7 aromatic carbocycles. The highest BCUT2D eigenvalue weighted by Gasteiger charge is 2.19. The minimum Gasteiger partial charge on any atom is -0.456 e. The molecule has 0 fully saturated rings. The Balaban J connectivity index is 1.16. The van der Waals surface area contributed by atoms with Crippen LogP contribution in [0, 0.1) is 0 Å². The average molecular weight is 635 g/mol. The summed E-state index contributed by atoms with van der Waals surface area (Å²) in [4.78, 5) is 7.11. The third-order valence-electron chi connectivity index (χ3n) is 9.07. The predicted octanol–water partition coefficient (Wildman–Crippen LogP) is 12.9. The second-order valence-electron chi connectivity index (χ2n) is 12.0. The van der Waals surface area contributed by atoms with Gasteiger partial charge in [-0.2, -0.15) is 0 Å². The van der Waals surface area contributed by atoms with Gasteiger partial charge >= 0.3 is 0 Å². The summed E-state index contributed by atoms with van der Waals surface area (Å²) in [7, 11) is 0. The molecular weight excluding hydrogens is 609 g/mol. The van der Waals surface area contributed by atoms with Crippen LogP contribution in [-0.2, 0) is 0 Å². The Morgan fingerprint density at radius 1 is 0.417 bits per heavy atom. The van der Waals surface area contributed by atoms with Crippen LogP contribution in [0.1, 0.15) is 0 Å². The molecule has 0 aliphatic carbocycles.